The lowest BCUT2D eigenvalue weighted by Crippen LogP contribution is -2.41. The molecule has 2 aliphatic heterocycles. The summed E-state index contributed by atoms with van der Waals surface area (Å²) >= 11 is 0. The van der Waals surface area contributed by atoms with E-state index < -0.39 is 0 Å². The van der Waals surface area contributed by atoms with Crippen molar-refractivity contribution >= 4 is 5.91 Å². The Morgan fingerprint density at radius 2 is 1.92 bits per heavy atom. The van der Waals surface area contributed by atoms with E-state index in [1.165, 1.54) is 43.4 Å². The molecule has 0 spiro atoms. The van der Waals surface area contributed by atoms with E-state index in [2.05, 4.69) is 15.2 Å². The Bertz CT molecular complexity index is 664. The van der Waals surface area contributed by atoms with Crippen molar-refractivity contribution in [3.05, 3.63) is 23.3 Å². The number of rotatable bonds is 2. The lowest BCUT2D eigenvalue weighted by atomic mass is 9.99. The Hall–Kier alpha value is -1.49. The van der Waals surface area contributed by atoms with Crippen molar-refractivity contribution in [2.75, 3.05) is 13.1 Å². The van der Waals surface area contributed by atoms with Crippen molar-refractivity contribution in [2.45, 2.75) is 64.0 Å². The van der Waals surface area contributed by atoms with Crippen molar-refractivity contribution in [1.29, 1.82) is 0 Å². The highest BCUT2D eigenvalue weighted by Crippen LogP contribution is 2.56. The molecule has 1 saturated heterocycles. The van der Waals surface area contributed by atoms with Crippen molar-refractivity contribution in [1.82, 2.24) is 20.2 Å². The largest absolute Gasteiger partial charge is 0.332 e. The third kappa shape index (κ3) is 2.77. The van der Waals surface area contributed by atoms with Crippen LogP contribution in [0.2, 0.25) is 0 Å². The van der Waals surface area contributed by atoms with E-state index in [-0.39, 0.29) is 6.04 Å². The first-order valence-electron chi connectivity index (χ1n) is 10.2. The number of carbonyl (C=O) groups excluding carboxylic acids is 1. The molecule has 134 valence electrons. The van der Waals surface area contributed by atoms with Crippen LogP contribution in [0, 0.1) is 17.8 Å². The van der Waals surface area contributed by atoms with Crippen LogP contribution in [0.15, 0.2) is 6.20 Å². The van der Waals surface area contributed by atoms with E-state index in [1.54, 1.807) is 0 Å². The molecule has 2 saturated carbocycles. The van der Waals surface area contributed by atoms with Crippen LogP contribution in [0.3, 0.4) is 0 Å². The molecule has 0 radical (unpaired) electrons. The molecule has 5 rings (SSSR count). The van der Waals surface area contributed by atoms with Gasteiger partial charge < -0.3 is 10.2 Å². The van der Waals surface area contributed by atoms with Gasteiger partial charge in [0.25, 0.3) is 0 Å². The van der Waals surface area contributed by atoms with E-state index >= 15 is 0 Å². The van der Waals surface area contributed by atoms with E-state index in [0.29, 0.717) is 23.7 Å². The van der Waals surface area contributed by atoms with Crippen molar-refractivity contribution in [3.8, 4) is 0 Å². The summed E-state index contributed by atoms with van der Waals surface area (Å²) in [7, 11) is 0. The van der Waals surface area contributed by atoms with Crippen LogP contribution in [0.25, 0.3) is 0 Å². The fraction of sp³-hybridized carbons (Fsp3) is 0.750. The Morgan fingerprint density at radius 3 is 2.76 bits per heavy atom. The molecule has 5 nitrogen and oxygen atoms in total. The summed E-state index contributed by atoms with van der Waals surface area (Å²) in [5, 5.41) is 3.37. The number of aromatic nitrogens is 2. The van der Waals surface area contributed by atoms with Gasteiger partial charge in [0.15, 0.2) is 5.82 Å². The van der Waals surface area contributed by atoms with Crippen LogP contribution < -0.4 is 5.32 Å². The number of carbonyl (C=O) groups is 1. The molecule has 0 bridgehead atoms. The molecule has 1 aromatic heterocycles. The summed E-state index contributed by atoms with van der Waals surface area (Å²) < 4.78 is 0. The lowest BCUT2D eigenvalue weighted by molar-refractivity contribution is -0.137. The van der Waals surface area contributed by atoms with E-state index in [9.17, 15) is 4.79 Å². The second-order valence-corrected chi connectivity index (χ2v) is 8.31. The maximum absolute atomic E-state index is 13.3. The maximum Gasteiger partial charge on any atom is 0.226 e. The first-order valence-corrected chi connectivity index (χ1v) is 10.2. The van der Waals surface area contributed by atoms with Gasteiger partial charge in [0.2, 0.25) is 5.91 Å². The minimum Gasteiger partial charge on any atom is -0.332 e. The molecule has 25 heavy (non-hydrogen) atoms. The summed E-state index contributed by atoms with van der Waals surface area (Å²) in [6.45, 7) is 2.75. The molecule has 4 aliphatic rings. The second kappa shape index (κ2) is 6.35. The molecule has 0 aromatic carbocycles. The number of piperidine rings is 1. The van der Waals surface area contributed by atoms with E-state index in [4.69, 9.17) is 4.98 Å². The Kier molecular flexibility index (Phi) is 4.00. The lowest BCUT2D eigenvalue weighted by Gasteiger charge is -2.35. The highest BCUT2D eigenvalue weighted by Gasteiger charge is 2.56. The van der Waals surface area contributed by atoms with Gasteiger partial charge in [-0.15, -0.1) is 0 Å². The molecule has 1 aromatic rings. The third-order valence-corrected chi connectivity index (χ3v) is 6.85. The average Bonchev–Trinajstić information content (AvgIpc) is 3.41. The Morgan fingerprint density at radius 1 is 1.12 bits per heavy atom. The standard InChI is InChI=1S/C20H28N4O/c25-20(18-14-5-1-2-6-15(14)18)24-10-4-3-7-17(24)19-22-12-13-11-21-9-8-16(13)23-19/h12,14-15,17-18,21H,1-11H2/t14-,15+,17-,18?/m0/s1. The van der Waals surface area contributed by atoms with Crippen LogP contribution in [-0.4, -0.2) is 33.9 Å². The molecular formula is C20H28N4O. The van der Waals surface area contributed by atoms with Gasteiger partial charge in [-0.1, -0.05) is 12.8 Å². The van der Waals surface area contributed by atoms with Crippen LogP contribution in [0.5, 0.6) is 0 Å². The minimum atomic E-state index is 0.101. The van der Waals surface area contributed by atoms with E-state index in [1.807, 2.05) is 6.20 Å². The highest BCUT2D eigenvalue weighted by atomic mass is 16.2. The fourth-order valence-electron chi connectivity index (χ4n) is 5.43. The fourth-order valence-corrected chi connectivity index (χ4v) is 5.43. The number of amides is 1. The smallest absolute Gasteiger partial charge is 0.226 e. The second-order valence-electron chi connectivity index (χ2n) is 8.31. The first kappa shape index (κ1) is 15.7. The van der Waals surface area contributed by atoms with E-state index in [0.717, 1.165) is 44.7 Å². The van der Waals surface area contributed by atoms with Crippen LogP contribution in [-0.2, 0) is 17.8 Å². The van der Waals surface area contributed by atoms with Gasteiger partial charge >= 0.3 is 0 Å². The summed E-state index contributed by atoms with van der Waals surface area (Å²) in [4.78, 5) is 25.0. The van der Waals surface area contributed by atoms with Gasteiger partial charge in [-0.2, -0.15) is 0 Å². The summed E-state index contributed by atoms with van der Waals surface area (Å²) in [5.74, 6) is 2.96. The molecule has 1 unspecified atom stereocenters. The van der Waals surface area contributed by atoms with Gasteiger partial charge in [0, 0.05) is 49.4 Å². The van der Waals surface area contributed by atoms with Gasteiger partial charge in [-0.25, -0.2) is 9.97 Å². The predicted octanol–water partition coefficient (Wildman–Crippen LogP) is 2.61. The zero-order chi connectivity index (χ0) is 16.8. The number of hydrogen-bond donors (Lipinski definition) is 1. The zero-order valence-electron chi connectivity index (χ0n) is 14.9. The molecule has 4 atom stereocenters. The molecule has 3 fully saturated rings. The van der Waals surface area contributed by atoms with Crippen molar-refractivity contribution in [3.63, 3.8) is 0 Å². The molecule has 2 aliphatic carbocycles. The topological polar surface area (TPSA) is 58.1 Å². The number of nitrogens with zero attached hydrogens (tertiary/aromatic N) is 3. The Balaban J connectivity index is 1.38. The molecule has 5 heteroatoms. The predicted molar refractivity (Wildman–Crippen MR) is 94.7 cm³/mol. The molecule has 3 heterocycles. The van der Waals surface area contributed by atoms with Crippen LogP contribution in [0.1, 0.15) is 68.1 Å². The number of likely N-dealkylation sites (tertiary alicyclic amines) is 1. The summed E-state index contributed by atoms with van der Waals surface area (Å²) in [5.41, 5.74) is 2.40. The van der Waals surface area contributed by atoms with Gasteiger partial charge in [0.1, 0.15) is 0 Å². The van der Waals surface area contributed by atoms with Crippen molar-refractivity contribution in [2.24, 2.45) is 17.8 Å². The molecule has 1 N–H and O–H groups in total. The normalized spacial score (nSPS) is 34.2. The summed E-state index contributed by atoms with van der Waals surface area (Å²) in [6, 6.07) is 0.101. The zero-order valence-corrected chi connectivity index (χ0v) is 14.9. The quantitative estimate of drug-likeness (QED) is 0.899. The third-order valence-electron chi connectivity index (χ3n) is 6.85. The van der Waals surface area contributed by atoms with Crippen molar-refractivity contribution < 1.29 is 4.79 Å². The molecular weight excluding hydrogens is 312 g/mol. The van der Waals surface area contributed by atoms with Crippen LogP contribution in [0.4, 0.5) is 0 Å². The number of hydrogen-bond acceptors (Lipinski definition) is 4. The van der Waals surface area contributed by atoms with Crippen LogP contribution >= 0.6 is 0 Å². The minimum absolute atomic E-state index is 0.101. The number of nitrogens with one attached hydrogen (secondary N) is 1. The maximum atomic E-state index is 13.3. The number of fused-ring (bicyclic) bond motifs is 2. The van der Waals surface area contributed by atoms with Gasteiger partial charge in [-0.3, -0.25) is 4.79 Å². The average molecular weight is 340 g/mol. The highest BCUT2D eigenvalue weighted by molar-refractivity contribution is 5.83. The SMILES string of the molecule is O=C(C1[C@H]2CCCC[C@@H]12)N1CCCC[C@H]1c1ncc2c(n1)CCNC2. The molecule has 1 amide bonds. The monoisotopic (exact) mass is 340 g/mol. The van der Waals surface area contributed by atoms with Gasteiger partial charge in [0.05, 0.1) is 6.04 Å². The summed E-state index contributed by atoms with van der Waals surface area (Å²) in [6.07, 6.45) is 11.4. The van der Waals surface area contributed by atoms with Gasteiger partial charge in [-0.05, 0) is 43.9 Å². The first-order chi connectivity index (χ1) is 12.3. The Labute approximate surface area is 149 Å².